The van der Waals surface area contributed by atoms with E-state index >= 15 is 0 Å². The van der Waals surface area contributed by atoms with Crippen molar-refractivity contribution in [2.45, 2.75) is 6.92 Å². The van der Waals surface area contributed by atoms with E-state index < -0.39 is 5.97 Å². The summed E-state index contributed by atoms with van der Waals surface area (Å²) in [7, 11) is 3.05. The molecule has 0 aliphatic rings. The van der Waals surface area contributed by atoms with E-state index in [2.05, 4.69) is 0 Å². The van der Waals surface area contributed by atoms with Gasteiger partial charge in [-0.1, -0.05) is 11.6 Å². The average Bonchev–Trinajstić information content (AvgIpc) is 2.60. The van der Waals surface area contributed by atoms with Crippen molar-refractivity contribution in [2.75, 3.05) is 7.11 Å². The minimum absolute atomic E-state index is 0.295. The van der Waals surface area contributed by atoms with Crippen LogP contribution in [0.1, 0.15) is 26.4 Å². The largest absolute Gasteiger partial charge is 0.464 e. The van der Waals surface area contributed by atoms with Crippen LogP contribution in [0.5, 0.6) is 0 Å². The second-order valence-corrected chi connectivity index (χ2v) is 3.95. The van der Waals surface area contributed by atoms with Crippen molar-refractivity contribution in [3.05, 3.63) is 35.0 Å². The zero-order chi connectivity index (χ0) is 12.6. The van der Waals surface area contributed by atoms with Gasteiger partial charge in [0.25, 0.3) is 0 Å². The summed E-state index contributed by atoms with van der Waals surface area (Å²) in [5, 5.41) is 0.780. The number of fused-ring (bicyclic) bond motifs is 1. The van der Waals surface area contributed by atoms with Crippen LogP contribution in [0.25, 0.3) is 10.9 Å². The Labute approximate surface area is 98.8 Å². The number of aldehydes is 1. The fourth-order valence-corrected chi connectivity index (χ4v) is 2.05. The topological polar surface area (TPSA) is 48.3 Å². The summed E-state index contributed by atoms with van der Waals surface area (Å²) in [6, 6.07) is 5.73. The maximum Gasteiger partial charge on any atom is 0.355 e. The summed E-state index contributed by atoms with van der Waals surface area (Å²) in [5.41, 5.74) is 2.57. The maximum atomic E-state index is 11.7. The molecular formula is C13H13NO3. The normalized spacial score (nSPS) is 10.5. The van der Waals surface area contributed by atoms with Crippen molar-refractivity contribution in [3.63, 3.8) is 0 Å². The van der Waals surface area contributed by atoms with Crippen LogP contribution in [-0.2, 0) is 11.8 Å². The van der Waals surface area contributed by atoms with Gasteiger partial charge < -0.3 is 9.30 Å². The summed E-state index contributed by atoms with van der Waals surface area (Å²) >= 11 is 0. The van der Waals surface area contributed by atoms with Gasteiger partial charge in [0.05, 0.1) is 12.7 Å². The molecule has 0 saturated heterocycles. The monoisotopic (exact) mass is 231 g/mol. The Bertz CT molecular complexity index is 611. The van der Waals surface area contributed by atoms with Crippen LogP contribution in [0.4, 0.5) is 0 Å². The Hall–Kier alpha value is -2.10. The second-order valence-electron chi connectivity index (χ2n) is 3.95. The number of esters is 1. The van der Waals surface area contributed by atoms with E-state index in [1.54, 1.807) is 11.6 Å². The molecule has 0 atom stereocenters. The first-order chi connectivity index (χ1) is 8.10. The molecule has 4 nitrogen and oxygen atoms in total. The van der Waals surface area contributed by atoms with Gasteiger partial charge in [-0.25, -0.2) is 4.79 Å². The summed E-state index contributed by atoms with van der Waals surface area (Å²) in [6.07, 6.45) is 0.702. The molecule has 17 heavy (non-hydrogen) atoms. The van der Waals surface area contributed by atoms with Crippen molar-refractivity contribution in [1.82, 2.24) is 4.57 Å². The second kappa shape index (κ2) is 4.05. The average molecular weight is 231 g/mol. The number of carbonyl (C=O) groups excluding carboxylic acids is 2. The van der Waals surface area contributed by atoms with Crippen LogP contribution in [0.2, 0.25) is 0 Å². The zero-order valence-corrected chi connectivity index (χ0v) is 9.98. The van der Waals surface area contributed by atoms with E-state index in [0.717, 1.165) is 16.5 Å². The van der Waals surface area contributed by atoms with Crippen LogP contribution in [0.3, 0.4) is 0 Å². The number of hydrogen-bond donors (Lipinski definition) is 0. The lowest BCUT2D eigenvalue weighted by atomic mass is 10.1. The molecule has 1 aromatic heterocycles. The first-order valence-electron chi connectivity index (χ1n) is 5.22. The Balaban J connectivity index is 2.88. The van der Waals surface area contributed by atoms with Crippen molar-refractivity contribution in [1.29, 1.82) is 0 Å². The van der Waals surface area contributed by atoms with Gasteiger partial charge in [0.2, 0.25) is 0 Å². The number of carbonyl (C=O) groups is 2. The number of nitrogens with zero attached hydrogens (tertiary/aromatic N) is 1. The quantitative estimate of drug-likeness (QED) is 0.587. The molecule has 1 heterocycles. The predicted octanol–water partition coefficient (Wildman–Crippen LogP) is 2.09. The van der Waals surface area contributed by atoms with Gasteiger partial charge in [0, 0.05) is 18.0 Å². The molecule has 0 spiro atoms. The smallest absolute Gasteiger partial charge is 0.355 e. The molecule has 0 N–H and O–H groups in total. The molecule has 4 heteroatoms. The van der Waals surface area contributed by atoms with E-state index in [9.17, 15) is 9.59 Å². The van der Waals surface area contributed by atoms with Crippen LogP contribution in [0, 0.1) is 6.92 Å². The lowest BCUT2D eigenvalue weighted by Gasteiger charge is -2.02. The van der Waals surface area contributed by atoms with Crippen molar-refractivity contribution < 1.29 is 14.3 Å². The predicted molar refractivity (Wildman–Crippen MR) is 64.4 cm³/mol. The molecule has 88 valence electrons. The Morgan fingerprint density at radius 2 is 2.12 bits per heavy atom. The summed E-state index contributed by atoms with van der Waals surface area (Å²) in [6.45, 7) is 1.94. The molecule has 0 aliphatic carbocycles. The Morgan fingerprint density at radius 1 is 1.41 bits per heavy atom. The van der Waals surface area contributed by atoms with Crippen molar-refractivity contribution in [2.24, 2.45) is 7.05 Å². The summed E-state index contributed by atoms with van der Waals surface area (Å²) in [5.74, 6) is -0.497. The highest BCUT2D eigenvalue weighted by molar-refractivity contribution is 6.08. The summed E-state index contributed by atoms with van der Waals surface area (Å²) in [4.78, 5) is 22.8. The highest BCUT2D eigenvalue weighted by Crippen LogP contribution is 2.25. The van der Waals surface area contributed by atoms with Crippen LogP contribution in [0.15, 0.2) is 18.2 Å². The first kappa shape index (κ1) is 11.4. The molecule has 2 aromatic rings. The van der Waals surface area contributed by atoms with E-state index in [4.69, 9.17) is 4.74 Å². The van der Waals surface area contributed by atoms with Crippen molar-refractivity contribution in [3.8, 4) is 0 Å². The number of benzene rings is 1. The third-order valence-corrected chi connectivity index (χ3v) is 2.89. The molecule has 0 fully saturated rings. The Morgan fingerprint density at radius 3 is 2.71 bits per heavy atom. The van der Waals surface area contributed by atoms with Gasteiger partial charge >= 0.3 is 5.97 Å². The van der Waals surface area contributed by atoms with Gasteiger partial charge in [-0.2, -0.15) is 0 Å². The van der Waals surface area contributed by atoms with Gasteiger partial charge in [-0.15, -0.1) is 0 Å². The van der Waals surface area contributed by atoms with Crippen LogP contribution >= 0.6 is 0 Å². The van der Waals surface area contributed by atoms with Crippen molar-refractivity contribution >= 4 is 23.2 Å². The highest BCUT2D eigenvalue weighted by Gasteiger charge is 2.21. The molecule has 0 unspecified atom stereocenters. The lowest BCUT2D eigenvalue weighted by molar-refractivity contribution is 0.0588. The van der Waals surface area contributed by atoms with Gasteiger partial charge in [0.15, 0.2) is 6.29 Å². The fraction of sp³-hybridized carbons (Fsp3) is 0.231. The van der Waals surface area contributed by atoms with E-state index in [1.165, 1.54) is 7.11 Å². The van der Waals surface area contributed by atoms with E-state index in [-0.39, 0.29) is 0 Å². The molecule has 0 bridgehead atoms. The lowest BCUT2D eigenvalue weighted by Crippen LogP contribution is -2.09. The molecule has 2 rings (SSSR count). The van der Waals surface area contributed by atoms with E-state index in [1.807, 2.05) is 25.1 Å². The summed E-state index contributed by atoms with van der Waals surface area (Å²) < 4.78 is 6.39. The number of ether oxygens (including phenoxy) is 1. The highest BCUT2D eigenvalue weighted by atomic mass is 16.5. The number of aromatic nitrogens is 1. The number of aryl methyl sites for hydroxylation is 2. The molecule has 0 aliphatic heterocycles. The minimum Gasteiger partial charge on any atom is -0.464 e. The maximum absolute atomic E-state index is 11.7. The van der Waals surface area contributed by atoms with Gasteiger partial charge in [-0.3, -0.25) is 4.79 Å². The standard InChI is InChI=1S/C13H13NO3/c1-8-4-5-11-9(6-8)10(7-15)12(14(11)2)13(16)17-3/h4-7H,1-3H3. The number of hydrogen-bond acceptors (Lipinski definition) is 3. The molecule has 0 radical (unpaired) electrons. The third-order valence-electron chi connectivity index (χ3n) is 2.89. The number of methoxy groups -OCH3 is 1. The SMILES string of the molecule is COC(=O)c1c(C=O)c2cc(C)ccc2n1C. The van der Waals surface area contributed by atoms with E-state index in [0.29, 0.717) is 17.5 Å². The van der Waals surface area contributed by atoms with Gasteiger partial charge in [0.1, 0.15) is 5.69 Å². The van der Waals surface area contributed by atoms with Crippen LogP contribution < -0.4 is 0 Å². The van der Waals surface area contributed by atoms with Crippen LogP contribution in [-0.4, -0.2) is 23.9 Å². The fourth-order valence-electron chi connectivity index (χ4n) is 2.05. The molecule has 0 saturated carbocycles. The third kappa shape index (κ3) is 1.62. The molecule has 0 amide bonds. The zero-order valence-electron chi connectivity index (χ0n) is 9.98. The first-order valence-corrected chi connectivity index (χ1v) is 5.22. The minimum atomic E-state index is -0.497. The molecular weight excluding hydrogens is 218 g/mol. The number of rotatable bonds is 2. The molecule has 1 aromatic carbocycles. The Kier molecular flexibility index (Phi) is 2.71. The van der Waals surface area contributed by atoms with Gasteiger partial charge in [-0.05, 0) is 19.1 Å².